The molecule has 1 heterocycles. The lowest BCUT2D eigenvalue weighted by Gasteiger charge is -2.18. The Balaban J connectivity index is 1.74. The van der Waals surface area contributed by atoms with E-state index in [-0.39, 0.29) is 6.04 Å². The molecule has 0 fully saturated rings. The molecule has 0 aliphatic carbocycles. The molecule has 110 valence electrons. The third-order valence-electron chi connectivity index (χ3n) is 3.50. The average molecular weight is 301 g/mol. The second kappa shape index (κ2) is 6.41. The molecule has 0 aromatic heterocycles. The Labute approximate surface area is 129 Å². The van der Waals surface area contributed by atoms with Gasteiger partial charge in [-0.15, -0.1) is 0 Å². The van der Waals surface area contributed by atoms with Gasteiger partial charge in [-0.05, 0) is 42.3 Å². The van der Waals surface area contributed by atoms with Crippen molar-refractivity contribution in [1.29, 1.82) is 0 Å². The van der Waals surface area contributed by atoms with E-state index in [1.54, 1.807) is 11.8 Å². The first kappa shape index (κ1) is 14.3. The fourth-order valence-electron chi connectivity index (χ4n) is 2.24. The van der Waals surface area contributed by atoms with Gasteiger partial charge in [-0.2, -0.15) is 0 Å². The van der Waals surface area contributed by atoms with Crippen LogP contribution in [0.1, 0.15) is 24.9 Å². The van der Waals surface area contributed by atoms with Gasteiger partial charge in [-0.3, -0.25) is 0 Å². The molecule has 2 N–H and O–H groups in total. The Morgan fingerprint density at radius 1 is 1.00 bits per heavy atom. The van der Waals surface area contributed by atoms with Crippen LogP contribution in [0, 0.1) is 0 Å². The Morgan fingerprint density at radius 3 is 2.38 bits per heavy atom. The number of rotatable bonds is 4. The van der Waals surface area contributed by atoms with Crippen LogP contribution in [0.3, 0.4) is 0 Å². The summed E-state index contributed by atoms with van der Waals surface area (Å²) in [5.74, 6) is 1.66. The summed E-state index contributed by atoms with van der Waals surface area (Å²) in [6.45, 7) is 3.34. The average Bonchev–Trinajstić information content (AvgIpc) is 2.55. The van der Waals surface area contributed by atoms with E-state index in [4.69, 9.17) is 15.2 Å². The summed E-state index contributed by atoms with van der Waals surface area (Å²) in [6.07, 6.45) is 0.953. The Morgan fingerprint density at radius 2 is 1.67 bits per heavy atom. The summed E-state index contributed by atoms with van der Waals surface area (Å²) in [7, 11) is 0. The molecule has 1 unspecified atom stereocenters. The van der Waals surface area contributed by atoms with Gasteiger partial charge < -0.3 is 15.2 Å². The van der Waals surface area contributed by atoms with Crippen LogP contribution in [0.4, 0.5) is 0 Å². The van der Waals surface area contributed by atoms with E-state index in [0.29, 0.717) is 13.2 Å². The highest BCUT2D eigenvalue weighted by atomic mass is 32.2. The van der Waals surface area contributed by atoms with Gasteiger partial charge in [0, 0.05) is 15.8 Å². The van der Waals surface area contributed by atoms with Crippen molar-refractivity contribution in [1.82, 2.24) is 0 Å². The number of hydrogen-bond donors (Lipinski definition) is 1. The summed E-state index contributed by atoms with van der Waals surface area (Å²) >= 11 is 1.71. The third kappa shape index (κ3) is 3.34. The summed E-state index contributed by atoms with van der Waals surface area (Å²) < 4.78 is 11.1. The van der Waals surface area contributed by atoms with E-state index in [1.807, 2.05) is 12.1 Å². The largest absolute Gasteiger partial charge is 0.486 e. The first-order valence-corrected chi connectivity index (χ1v) is 8.01. The SMILES string of the molecule is CCC(N)c1ccc(Sc2ccc3c(c2)OCCO3)cc1. The summed E-state index contributed by atoms with van der Waals surface area (Å²) in [4.78, 5) is 2.34. The highest BCUT2D eigenvalue weighted by Crippen LogP contribution is 2.37. The van der Waals surface area contributed by atoms with Gasteiger partial charge in [-0.1, -0.05) is 30.8 Å². The molecule has 4 heteroatoms. The highest BCUT2D eigenvalue weighted by molar-refractivity contribution is 7.99. The van der Waals surface area contributed by atoms with Crippen LogP contribution in [-0.4, -0.2) is 13.2 Å². The van der Waals surface area contributed by atoms with Gasteiger partial charge in [-0.25, -0.2) is 0 Å². The van der Waals surface area contributed by atoms with Gasteiger partial charge >= 0.3 is 0 Å². The van der Waals surface area contributed by atoms with Crippen LogP contribution in [0.5, 0.6) is 11.5 Å². The molecule has 3 nitrogen and oxygen atoms in total. The predicted octanol–water partition coefficient (Wildman–Crippen LogP) is 4.02. The topological polar surface area (TPSA) is 44.5 Å². The third-order valence-corrected chi connectivity index (χ3v) is 4.49. The Kier molecular flexibility index (Phi) is 4.36. The van der Waals surface area contributed by atoms with Crippen LogP contribution in [0.25, 0.3) is 0 Å². The minimum atomic E-state index is 0.123. The van der Waals surface area contributed by atoms with E-state index in [0.717, 1.165) is 22.8 Å². The lowest BCUT2D eigenvalue weighted by molar-refractivity contribution is 0.171. The predicted molar refractivity (Wildman–Crippen MR) is 85.2 cm³/mol. The molecule has 2 aromatic carbocycles. The molecule has 21 heavy (non-hydrogen) atoms. The van der Waals surface area contributed by atoms with Crippen molar-refractivity contribution in [3.05, 3.63) is 48.0 Å². The van der Waals surface area contributed by atoms with Crippen molar-refractivity contribution in [2.75, 3.05) is 13.2 Å². The molecule has 1 aliphatic heterocycles. The van der Waals surface area contributed by atoms with Crippen LogP contribution >= 0.6 is 11.8 Å². The Hall–Kier alpha value is -1.65. The van der Waals surface area contributed by atoms with Gasteiger partial charge in [0.25, 0.3) is 0 Å². The summed E-state index contributed by atoms with van der Waals surface area (Å²) in [6, 6.07) is 14.6. The van der Waals surface area contributed by atoms with E-state index >= 15 is 0 Å². The molecule has 0 saturated carbocycles. The molecule has 0 radical (unpaired) electrons. The molecular weight excluding hydrogens is 282 g/mol. The number of benzene rings is 2. The lowest BCUT2D eigenvalue weighted by Crippen LogP contribution is -2.15. The number of hydrogen-bond acceptors (Lipinski definition) is 4. The monoisotopic (exact) mass is 301 g/mol. The fourth-order valence-corrected chi connectivity index (χ4v) is 3.09. The van der Waals surface area contributed by atoms with Crippen molar-refractivity contribution >= 4 is 11.8 Å². The molecule has 0 spiro atoms. The van der Waals surface area contributed by atoms with E-state index < -0.39 is 0 Å². The van der Waals surface area contributed by atoms with Crippen molar-refractivity contribution in [3.63, 3.8) is 0 Å². The lowest BCUT2D eigenvalue weighted by atomic mass is 10.1. The van der Waals surface area contributed by atoms with Crippen LogP contribution < -0.4 is 15.2 Å². The van der Waals surface area contributed by atoms with E-state index in [2.05, 4.69) is 37.3 Å². The zero-order valence-electron chi connectivity index (χ0n) is 12.0. The maximum absolute atomic E-state index is 6.04. The quantitative estimate of drug-likeness (QED) is 0.926. The molecule has 0 bridgehead atoms. The minimum Gasteiger partial charge on any atom is -0.486 e. The Bertz CT molecular complexity index is 613. The number of fused-ring (bicyclic) bond motifs is 1. The van der Waals surface area contributed by atoms with Gasteiger partial charge in [0.15, 0.2) is 11.5 Å². The standard InChI is InChI=1S/C17H19NO2S/c1-2-15(18)12-3-5-13(6-4-12)21-14-7-8-16-17(11-14)20-10-9-19-16/h3-8,11,15H,2,9-10,18H2,1H3. The van der Waals surface area contributed by atoms with E-state index in [9.17, 15) is 0 Å². The van der Waals surface area contributed by atoms with E-state index in [1.165, 1.54) is 10.5 Å². The molecular formula is C17H19NO2S. The van der Waals surface area contributed by atoms with Crippen LogP contribution in [-0.2, 0) is 0 Å². The zero-order chi connectivity index (χ0) is 14.7. The minimum absolute atomic E-state index is 0.123. The maximum atomic E-state index is 6.04. The number of nitrogens with two attached hydrogens (primary N) is 1. The van der Waals surface area contributed by atoms with Crippen molar-refractivity contribution < 1.29 is 9.47 Å². The van der Waals surface area contributed by atoms with Gasteiger partial charge in [0.1, 0.15) is 13.2 Å². The zero-order valence-corrected chi connectivity index (χ0v) is 12.9. The normalized spacial score (nSPS) is 14.8. The first-order chi connectivity index (χ1) is 10.3. The molecule has 3 rings (SSSR count). The summed E-state index contributed by atoms with van der Waals surface area (Å²) in [5.41, 5.74) is 7.22. The molecule has 0 amide bonds. The van der Waals surface area contributed by atoms with Gasteiger partial charge in [0.05, 0.1) is 0 Å². The van der Waals surface area contributed by atoms with Crippen molar-refractivity contribution in [3.8, 4) is 11.5 Å². The second-order valence-corrected chi connectivity index (χ2v) is 6.14. The molecule has 2 aromatic rings. The number of ether oxygens (including phenoxy) is 2. The van der Waals surface area contributed by atoms with Crippen LogP contribution in [0.15, 0.2) is 52.3 Å². The first-order valence-electron chi connectivity index (χ1n) is 7.19. The van der Waals surface area contributed by atoms with Crippen molar-refractivity contribution in [2.24, 2.45) is 5.73 Å². The summed E-state index contributed by atoms with van der Waals surface area (Å²) in [5, 5.41) is 0. The molecule has 1 aliphatic rings. The molecule has 0 saturated heterocycles. The highest BCUT2D eigenvalue weighted by Gasteiger charge is 2.12. The second-order valence-electron chi connectivity index (χ2n) is 4.99. The smallest absolute Gasteiger partial charge is 0.162 e. The van der Waals surface area contributed by atoms with Crippen LogP contribution in [0.2, 0.25) is 0 Å². The van der Waals surface area contributed by atoms with Gasteiger partial charge in [0.2, 0.25) is 0 Å². The maximum Gasteiger partial charge on any atom is 0.162 e. The molecule has 1 atom stereocenters. The fraction of sp³-hybridized carbons (Fsp3) is 0.294. The van der Waals surface area contributed by atoms with Crippen molar-refractivity contribution in [2.45, 2.75) is 29.2 Å².